The van der Waals surface area contributed by atoms with E-state index in [1.54, 1.807) is 12.1 Å². The van der Waals surface area contributed by atoms with Crippen molar-refractivity contribution in [3.8, 4) is 0 Å². The number of aryl methyl sites for hydroxylation is 1. The van der Waals surface area contributed by atoms with Crippen molar-refractivity contribution in [3.05, 3.63) is 41.5 Å². The lowest BCUT2D eigenvalue weighted by Gasteiger charge is -2.07. The molecule has 0 fully saturated rings. The van der Waals surface area contributed by atoms with Crippen molar-refractivity contribution in [2.45, 2.75) is 43.9 Å². The van der Waals surface area contributed by atoms with Crippen molar-refractivity contribution in [3.63, 3.8) is 0 Å². The first-order chi connectivity index (χ1) is 9.08. The number of rotatable bonds is 6. The number of hydrogen-bond acceptors (Lipinski definition) is 2. The van der Waals surface area contributed by atoms with Gasteiger partial charge in [-0.15, -0.1) is 0 Å². The number of allylic oxidation sites excluding steroid dienone is 2. The van der Waals surface area contributed by atoms with E-state index in [9.17, 15) is 8.42 Å². The van der Waals surface area contributed by atoms with E-state index in [4.69, 9.17) is 0 Å². The molecule has 0 unspecified atom stereocenters. The smallest absolute Gasteiger partial charge is 0.211 e. The Bertz CT molecular complexity index is 544. The molecule has 0 saturated carbocycles. The van der Waals surface area contributed by atoms with Crippen LogP contribution in [0.3, 0.4) is 0 Å². The van der Waals surface area contributed by atoms with Gasteiger partial charge in [-0.1, -0.05) is 29.3 Å². The van der Waals surface area contributed by atoms with E-state index in [0.717, 1.165) is 18.4 Å². The van der Waals surface area contributed by atoms with Crippen molar-refractivity contribution in [2.75, 3.05) is 6.54 Å². The van der Waals surface area contributed by atoms with Gasteiger partial charge >= 0.3 is 0 Å². The lowest BCUT2D eigenvalue weighted by Crippen LogP contribution is -2.24. The highest BCUT2D eigenvalue weighted by molar-refractivity contribution is 7.89. The second-order valence-electron chi connectivity index (χ2n) is 5.07. The molecule has 104 valence electrons. The summed E-state index contributed by atoms with van der Waals surface area (Å²) in [6.07, 6.45) is 7.79. The lowest BCUT2D eigenvalue weighted by molar-refractivity contribution is 0.578. The molecule has 1 N–H and O–H groups in total. The number of hydrogen-bond donors (Lipinski definition) is 1. The summed E-state index contributed by atoms with van der Waals surface area (Å²) in [5.41, 5.74) is 2.54. The fraction of sp³-hybridized carbons (Fsp3) is 0.467. The van der Waals surface area contributed by atoms with Crippen molar-refractivity contribution in [1.29, 1.82) is 0 Å². The van der Waals surface area contributed by atoms with Gasteiger partial charge in [0.15, 0.2) is 0 Å². The average Bonchev–Trinajstić information content (AvgIpc) is 2.88. The van der Waals surface area contributed by atoms with Crippen LogP contribution in [0.25, 0.3) is 0 Å². The molecule has 0 atom stereocenters. The Morgan fingerprint density at radius 3 is 2.58 bits per heavy atom. The number of nitrogens with one attached hydrogen (secondary N) is 1. The maximum absolute atomic E-state index is 12.0. The highest BCUT2D eigenvalue weighted by atomic mass is 32.2. The molecule has 2 rings (SSSR count). The molecule has 0 radical (unpaired) electrons. The molecule has 1 aliphatic rings. The molecule has 19 heavy (non-hydrogen) atoms. The molecule has 1 aromatic carbocycles. The van der Waals surface area contributed by atoms with Crippen LogP contribution < -0.4 is 4.72 Å². The third kappa shape index (κ3) is 4.18. The Kier molecular flexibility index (Phi) is 4.77. The summed E-state index contributed by atoms with van der Waals surface area (Å²) in [7, 11) is -3.34. The van der Waals surface area contributed by atoms with Crippen LogP contribution in [0.1, 0.15) is 37.7 Å². The van der Waals surface area contributed by atoms with Crippen molar-refractivity contribution in [2.24, 2.45) is 0 Å². The third-order valence-corrected chi connectivity index (χ3v) is 4.91. The first-order valence-corrected chi connectivity index (χ1v) is 8.30. The van der Waals surface area contributed by atoms with E-state index >= 15 is 0 Å². The van der Waals surface area contributed by atoms with Crippen LogP contribution in [0.4, 0.5) is 0 Å². The fourth-order valence-corrected chi connectivity index (χ4v) is 3.36. The average molecular weight is 279 g/mol. The number of sulfonamides is 1. The van der Waals surface area contributed by atoms with Crippen LogP contribution in [0, 0.1) is 6.92 Å². The molecule has 0 saturated heterocycles. The molecule has 1 aliphatic carbocycles. The molecule has 0 aromatic heterocycles. The Balaban J connectivity index is 1.82. The molecule has 0 spiro atoms. The summed E-state index contributed by atoms with van der Waals surface area (Å²) in [5.74, 6) is 0. The molecular formula is C15H21NO2S. The normalized spacial score (nSPS) is 15.5. The van der Waals surface area contributed by atoms with Crippen molar-refractivity contribution < 1.29 is 8.42 Å². The van der Waals surface area contributed by atoms with Gasteiger partial charge in [-0.3, -0.25) is 0 Å². The second-order valence-corrected chi connectivity index (χ2v) is 6.84. The van der Waals surface area contributed by atoms with Gasteiger partial charge in [-0.05, 0) is 51.2 Å². The standard InChI is InChI=1S/C15H21NO2S/c1-13-8-10-15(11-9-13)19(17,18)16-12-4-7-14-5-2-3-6-14/h5,8-11,16H,2-4,6-7,12H2,1H3. The predicted molar refractivity (Wildman–Crippen MR) is 77.5 cm³/mol. The van der Waals surface area contributed by atoms with E-state index in [1.807, 2.05) is 19.1 Å². The Hall–Kier alpha value is -1.13. The molecule has 3 nitrogen and oxygen atoms in total. The zero-order valence-corrected chi connectivity index (χ0v) is 12.2. The maximum atomic E-state index is 12.0. The SMILES string of the molecule is Cc1ccc(S(=O)(=O)NCCCC2=CCCC2)cc1. The minimum absolute atomic E-state index is 0.346. The van der Waals surface area contributed by atoms with Crippen LogP contribution in [-0.2, 0) is 10.0 Å². The zero-order valence-electron chi connectivity index (χ0n) is 11.4. The Morgan fingerprint density at radius 2 is 1.95 bits per heavy atom. The summed E-state index contributed by atoms with van der Waals surface area (Å²) in [6, 6.07) is 6.93. The lowest BCUT2D eigenvalue weighted by atomic mass is 10.1. The topological polar surface area (TPSA) is 46.2 Å². The van der Waals surface area contributed by atoms with Gasteiger partial charge in [0.05, 0.1) is 4.90 Å². The van der Waals surface area contributed by atoms with Gasteiger partial charge in [0.25, 0.3) is 0 Å². The van der Waals surface area contributed by atoms with E-state index < -0.39 is 10.0 Å². The molecule has 0 bridgehead atoms. The van der Waals surface area contributed by atoms with Gasteiger partial charge in [-0.25, -0.2) is 13.1 Å². The molecule has 1 aromatic rings. The Labute approximate surface area is 115 Å². The van der Waals surface area contributed by atoms with Gasteiger partial charge in [0.1, 0.15) is 0 Å². The van der Waals surface area contributed by atoms with Crippen molar-refractivity contribution >= 4 is 10.0 Å². The van der Waals surface area contributed by atoms with Gasteiger partial charge in [-0.2, -0.15) is 0 Å². The monoisotopic (exact) mass is 279 g/mol. The van der Waals surface area contributed by atoms with Gasteiger partial charge in [0, 0.05) is 6.54 Å². The number of benzene rings is 1. The van der Waals surface area contributed by atoms with Crippen LogP contribution in [0.5, 0.6) is 0 Å². The minimum Gasteiger partial charge on any atom is -0.211 e. The third-order valence-electron chi connectivity index (χ3n) is 3.43. The highest BCUT2D eigenvalue weighted by Crippen LogP contribution is 2.21. The van der Waals surface area contributed by atoms with E-state index in [-0.39, 0.29) is 0 Å². The molecule has 0 heterocycles. The molecule has 0 aliphatic heterocycles. The molecule has 4 heteroatoms. The van der Waals surface area contributed by atoms with Gasteiger partial charge < -0.3 is 0 Å². The summed E-state index contributed by atoms with van der Waals surface area (Å²) in [4.78, 5) is 0.346. The second kappa shape index (κ2) is 6.35. The van der Waals surface area contributed by atoms with Gasteiger partial charge in [0.2, 0.25) is 10.0 Å². The van der Waals surface area contributed by atoms with Crippen LogP contribution >= 0.6 is 0 Å². The van der Waals surface area contributed by atoms with Crippen LogP contribution in [0.2, 0.25) is 0 Å². The Morgan fingerprint density at radius 1 is 1.21 bits per heavy atom. The molecule has 0 amide bonds. The zero-order chi connectivity index (χ0) is 13.7. The molecular weight excluding hydrogens is 258 g/mol. The largest absolute Gasteiger partial charge is 0.240 e. The minimum atomic E-state index is -3.34. The summed E-state index contributed by atoms with van der Waals surface area (Å²) >= 11 is 0. The van der Waals surface area contributed by atoms with E-state index in [2.05, 4.69) is 10.8 Å². The quantitative estimate of drug-likeness (QED) is 0.642. The maximum Gasteiger partial charge on any atom is 0.240 e. The first-order valence-electron chi connectivity index (χ1n) is 6.82. The van der Waals surface area contributed by atoms with Crippen molar-refractivity contribution in [1.82, 2.24) is 4.72 Å². The summed E-state index contributed by atoms with van der Waals surface area (Å²) < 4.78 is 26.7. The fourth-order valence-electron chi connectivity index (χ4n) is 2.29. The summed E-state index contributed by atoms with van der Waals surface area (Å²) in [6.45, 7) is 2.45. The van der Waals surface area contributed by atoms with E-state index in [0.29, 0.717) is 11.4 Å². The summed E-state index contributed by atoms with van der Waals surface area (Å²) in [5, 5.41) is 0. The van der Waals surface area contributed by atoms with Crippen LogP contribution in [-0.4, -0.2) is 15.0 Å². The first kappa shape index (κ1) is 14.3. The van der Waals surface area contributed by atoms with Crippen LogP contribution in [0.15, 0.2) is 40.8 Å². The highest BCUT2D eigenvalue weighted by Gasteiger charge is 2.12. The predicted octanol–water partition coefficient (Wildman–Crippen LogP) is 3.16. The van der Waals surface area contributed by atoms with E-state index in [1.165, 1.54) is 24.8 Å².